The van der Waals surface area contributed by atoms with Crippen LogP contribution in [0.3, 0.4) is 0 Å². The maximum absolute atomic E-state index is 11.5. The van der Waals surface area contributed by atoms with Crippen LogP contribution < -0.4 is 0 Å². The highest BCUT2D eigenvalue weighted by atomic mass is 16.5. The Morgan fingerprint density at radius 1 is 1.53 bits per heavy atom. The molecule has 1 aliphatic carbocycles. The van der Waals surface area contributed by atoms with Gasteiger partial charge in [0.2, 0.25) is 0 Å². The van der Waals surface area contributed by atoms with Crippen molar-refractivity contribution < 1.29 is 14.4 Å². The van der Waals surface area contributed by atoms with Crippen molar-refractivity contribution in [2.45, 2.75) is 38.6 Å². The first-order valence-electron chi connectivity index (χ1n) is 6.34. The third-order valence-corrected chi connectivity index (χ3v) is 3.31. The standard InChI is InChI=1S/C13H15N3O3/c1-7(2)12-10(13(17)18)11(15-19-12)9-5-14-6-16(9)8-3-4-8/h5-8H,3-4H2,1-2H3,(H,17,18). The third kappa shape index (κ3) is 1.93. The monoisotopic (exact) mass is 261 g/mol. The SMILES string of the molecule is CC(C)c1onc(-c2cncn2C2CC2)c1C(=O)O. The largest absolute Gasteiger partial charge is 0.477 e. The van der Waals surface area contributed by atoms with Crippen LogP contribution in [0, 0.1) is 0 Å². The van der Waals surface area contributed by atoms with Crippen LogP contribution in [0.4, 0.5) is 0 Å². The predicted molar refractivity (Wildman–Crippen MR) is 67.0 cm³/mol. The van der Waals surface area contributed by atoms with Crippen molar-refractivity contribution in [3.8, 4) is 11.4 Å². The zero-order valence-electron chi connectivity index (χ0n) is 10.8. The van der Waals surface area contributed by atoms with Gasteiger partial charge in [-0.05, 0) is 12.8 Å². The van der Waals surface area contributed by atoms with Gasteiger partial charge in [0, 0.05) is 12.0 Å². The van der Waals surface area contributed by atoms with Gasteiger partial charge in [-0.2, -0.15) is 0 Å². The van der Waals surface area contributed by atoms with E-state index in [1.807, 2.05) is 18.4 Å². The number of carboxylic acids is 1. The molecule has 0 unspecified atom stereocenters. The second kappa shape index (κ2) is 4.22. The highest BCUT2D eigenvalue weighted by molar-refractivity contribution is 5.95. The Labute approximate surface area is 110 Å². The number of nitrogens with zero attached hydrogens (tertiary/aromatic N) is 3. The van der Waals surface area contributed by atoms with E-state index in [0.29, 0.717) is 17.5 Å². The van der Waals surface area contributed by atoms with E-state index >= 15 is 0 Å². The number of imidazole rings is 1. The zero-order chi connectivity index (χ0) is 13.6. The van der Waals surface area contributed by atoms with E-state index in [1.165, 1.54) is 0 Å². The maximum Gasteiger partial charge on any atom is 0.341 e. The van der Waals surface area contributed by atoms with Crippen molar-refractivity contribution in [2.24, 2.45) is 0 Å². The first-order valence-corrected chi connectivity index (χ1v) is 6.34. The van der Waals surface area contributed by atoms with Crippen molar-refractivity contribution in [3.05, 3.63) is 23.8 Å². The summed E-state index contributed by atoms with van der Waals surface area (Å²) in [5.74, 6) is -0.626. The van der Waals surface area contributed by atoms with Crippen LogP contribution in [0.25, 0.3) is 11.4 Å². The van der Waals surface area contributed by atoms with E-state index in [-0.39, 0.29) is 11.5 Å². The minimum absolute atomic E-state index is 0.0235. The second-order valence-electron chi connectivity index (χ2n) is 5.15. The van der Waals surface area contributed by atoms with Gasteiger partial charge >= 0.3 is 5.97 Å². The lowest BCUT2D eigenvalue weighted by molar-refractivity contribution is 0.0694. The number of hydrogen-bond acceptors (Lipinski definition) is 4. The molecule has 1 aliphatic rings. The molecule has 0 atom stereocenters. The van der Waals surface area contributed by atoms with Gasteiger partial charge in [0.1, 0.15) is 11.3 Å². The lowest BCUT2D eigenvalue weighted by Gasteiger charge is -2.05. The molecule has 19 heavy (non-hydrogen) atoms. The Bertz CT molecular complexity index is 623. The van der Waals surface area contributed by atoms with Gasteiger partial charge in [-0.15, -0.1) is 0 Å². The minimum atomic E-state index is -1.01. The first-order chi connectivity index (χ1) is 9.09. The fourth-order valence-corrected chi connectivity index (χ4v) is 2.21. The van der Waals surface area contributed by atoms with Gasteiger partial charge in [0.15, 0.2) is 5.76 Å². The number of rotatable bonds is 4. The summed E-state index contributed by atoms with van der Waals surface area (Å²) in [6.07, 6.45) is 5.57. The molecule has 0 spiro atoms. The molecule has 0 bridgehead atoms. The quantitative estimate of drug-likeness (QED) is 0.915. The number of aromatic nitrogens is 3. The highest BCUT2D eigenvalue weighted by Gasteiger charge is 2.31. The van der Waals surface area contributed by atoms with Gasteiger partial charge < -0.3 is 14.2 Å². The highest BCUT2D eigenvalue weighted by Crippen LogP contribution is 2.39. The van der Waals surface area contributed by atoms with Crippen molar-refractivity contribution in [2.75, 3.05) is 0 Å². The topological polar surface area (TPSA) is 81.2 Å². The molecule has 1 saturated carbocycles. The number of carboxylic acid groups (broad SMARTS) is 1. The van der Waals surface area contributed by atoms with E-state index in [9.17, 15) is 9.90 Å². The normalized spacial score (nSPS) is 15.1. The smallest absolute Gasteiger partial charge is 0.341 e. The molecular weight excluding hydrogens is 246 g/mol. The fourth-order valence-electron chi connectivity index (χ4n) is 2.21. The zero-order valence-corrected chi connectivity index (χ0v) is 10.8. The lowest BCUT2D eigenvalue weighted by Crippen LogP contribution is -2.04. The van der Waals surface area contributed by atoms with Crippen LogP contribution in [-0.4, -0.2) is 25.8 Å². The average molecular weight is 261 g/mol. The Balaban J connectivity index is 2.14. The number of hydrogen-bond donors (Lipinski definition) is 1. The molecule has 2 aromatic rings. The molecule has 1 N–H and O–H groups in total. The summed E-state index contributed by atoms with van der Waals surface area (Å²) in [6.45, 7) is 3.77. The van der Waals surface area contributed by atoms with Gasteiger partial charge in [-0.25, -0.2) is 9.78 Å². The molecule has 100 valence electrons. The minimum Gasteiger partial charge on any atom is -0.477 e. The molecule has 0 aromatic carbocycles. The Morgan fingerprint density at radius 2 is 2.26 bits per heavy atom. The van der Waals surface area contributed by atoms with Crippen molar-refractivity contribution in [1.82, 2.24) is 14.7 Å². The van der Waals surface area contributed by atoms with Crippen LogP contribution >= 0.6 is 0 Å². The van der Waals surface area contributed by atoms with E-state index in [0.717, 1.165) is 18.5 Å². The third-order valence-electron chi connectivity index (χ3n) is 3.31. The molecular formula is C13H15N3O3. The summed E-state index contributed by atoms with van der Waals surface area (Å²) in [5.41, 5.74) is 1.24. The molecule has 3 rings (SSSR count). The molecule has 0 radical (unpaired) electrons. The van der Waals surface area contributed by atoms with E-state index in [4.69, 9.17) is 4.52 Å². The summed E-state index contributed by atoms with van der Waals surface area (Å²) in [7, 11) is 0. The molecule has 6 nitrogen and oxygen atoms in total. The number of aromatic carboxylic acids is 1. The van der Waals surface area contributed by atoms with Gasteiger partial charge in [-0.3, -0.25) is 0 Å². The van der Waals surface area contributed by atoms with Crippen LogP contribution in [0.5, 0.6) is 0 Å². The van der Waals surface area contributed by atoms with Gasteiger partial charge in [0.25, 0.3) is 0 Å². The van der Waals surface area contributed by atoms with Gasteiger partial charge in [0.05, 0.1) is 18.2 Å². The molecule has 1 fully saturated rings. The summed E-state index contributed by atoms with van der Waals surface area (Å²) in [5, 5.41) is 13.4. The molecule has 0 aliphatic heterocycles. The summed E-state index contributed by atoms with van der Waals surface area (Å²) in [6, 6.07) is 0.415. The van der Waals surface area contributed by atoms with Gasteiger partial charge in [-0.1, -0.05) is 19.0 Å². The fraction of sp³-hybridized carbons (Fsp3) is 0.462. The molecule has 2 aromatic heterocycles. The van der Waals surface area contributed by atoms with Crippen molar-refractivity contribution >= 4 is 5.97 Å². The number of carbonyl (C=O) groups is 1. The van der Waals surface area contributed by atoms with Crippen molar-refractivity contribution in [3.63, 3.8) is 0 Å². The van der Waals surface area contributed by atoms with E-state index in [1.54, 1.807) is 12.5 Å². The van der Waals surface area contributed by atoms with Crippen molar-refractivity contribution in [1.29, 1.82) is 0 Å². The van der Waals surface area contributed by atoms with Crippen LogP contribution in [0.2, 0.25) is 0 Å². The Hall–Kier alpha value is -2.11. The van der Waals surface area contributed by atoms with E-state index in [2.05, 4.69) is 10.1 Å². The summed E-state index contributed by atoms with van der Waals surface area (Å²) in [4.78, 5) is 15.6. The molecule has 6 heteroatoms. The summed E-state index contributed by atoms with van der Waals surface area (Å²) >= 11 is 0. The van der Waals surface area contributed by atoms with Crippen LogP contribution in [0.1, 0.15) is 54.8 Å². The summed E-state index contributed by atoms with van der Waals surface area (Å²) < 4.78 is 7.21. The molecule has 0 amide bonds. The average Bonchev–Trinajstić information content (AvgIpc) is 2.93. The van der Waals surface area contributed by atoms with Crippen LogP contribution in [0.15, 0.2) is 17.0 Å². The Kier molecular flexibility index (Phi) is 2.66. The van der Waals surface area contributed by atoms with E-state index < -0.39 is 5.97 Å². The van der Waals surface area contributed by atoms with Crippen LogP contribution in [-0.2, 0) is 0 Å². The Morgan fingerprint density at radius 3 is 2.84 bits per heavy atom. The molecule has 2 heterocycles. The second-order valence-corrected chi connectivity index (χ2v) is 5.15. The maximum atomic E-state index is 11.5. The lowest BCUT2D eigenvalue weighted by atomic mass is 10.0. The molecule has 0 saturated heterocycles. The predicted octanol–water partition coefficient (Wildman–Crippen LogP) is 2.69. The first kappa shape index (κ1) is 12.0.